The number of carbonyl (C=O) groups is 1. The maximum Gasteiger partial charge on any atom is 0.333 e. The Kier molecular flexibility index (Phi) is 30.4. The van der Waals surface area contributed by atoms with Gasteiger partial charge in [0.2, 0.25) is 0 Å². The zero-order valence-corrected chi connectivity index (χ0v) is 23.9. The molecule has 0 saturated carbocycles. The Bertz CT molecular complexity index is 483. The van der Waals surface area contributed by atoms with E-state index in [-0.39, 0.29) is 6.61 Å². The maximum atomic E-state index is 11.2. The standard InChI is InChI=1S/C24H45IO11/c1-23(2)24(26)36-22-21-35-20-19-34-18-17-33-16-15-32-14-13-31-12-11-30-10-9-29-8-7-28-6-5-27-4-3-25/h1,3-22H2,2H3. The van der Waals surface area contributed by atoms with Gasteiger partial charge in [0.15, 0.2) is 0 Å². The SMILES string of the molecule is C=C(C)C(=O)OCCOCCOCCOCCOCCOCCOCCOCCOCCOCCI. The molecule has 214 valence electrons. The van der Waals surface area contributed by atoms with Gasteiger partial charge in [0.25, 0.3) is 0 Å². The lowest BCUT2D eigenvalue weighted by molar-refractivity contribution is -0.140. The van der Waals surface area contributed by atoms with Crippen molar-refractivity contribution in [3.05, 3.63) is 12.2 Å². The first-order valence-corrected chi connectivity index (χ1v) is 13.8. The zero-order chi connectivity index (χ0) is 26.4. The molecular weight excluding hydrogens is 591 g/mol. The molecule has 0 aliphatic rings. The number of alkyl halides is 1. The molecule has 0 aromatic heterocycles. The average molecular weight is 637 g/mol. The van der Waals surface area contributed by atoms with Crippen molar-refractivity contribution in [3.63, 3.8) is 0 Å². The van der Waals surface area contributed by atoms with Crippen LogP contribution in [0.1, 0.15) is 6.92 Å². The fourth-order valence-electron chi connectivity index (χ4n) is 2.23. The maximum absolute atomic E-state index is 11.2. The molecule has 0 bridgehead atoms. The summed E-state index contributed by atoms with van der Waals surface area (Å²) in [6.45, 7) is 14.7. The van der Waals surface area contributed by atoms with Gasteiger partial charge in [-0.1, -0.05) is 29.2 Å². The Morgan fingerprint density at radius 2 is 0.694 bits per heavy atom. The van der Waals surface area contributed by atoms with Crippen LogP contribution in [-0.2, 0) is 52.2 Å². The van der Waals surface area contributed by atoms with Crippen molar-refractivity contribution < 1.29 is 52.2 Å². The molecule has 0 aliphatic carbocycles. The van der Waals surface area contributed by atoms with Gasteiger partial charge >= 0.3 is 5.97 Å². The fraction of sp³-hybridized carbons (Fsp3) is 0.875. The summed E-state index contributed by atoms with van der Waals surface area (Å²) >= 11 is 2.27. The molecule has 0 N–H and O–H groups in total. The minimum absolute atomic E-state index is 0.204. The highest BCUT2D eigenvalue weighted by Gasteiger charge is 2.01. The van der Waals surface area contributed by atoms with Gasteiger partial charge in [-0.05, 0) is 6.92 Å². The second-order valence-electron chi connectivity index (χ2n) is 7.12. The summed E-state index contributed by atoms with van der Waals surface area (Å²) in [4.78, 5) is 11.2. The molecule has 36 heavy (non-hydrogen) atoms. The Hall–Kier alpha value is -0.420. The number of esters is 1. The summed E-state index contributed by atoms with van der Waals surface area (Å²) in [5, 5.41) is 0. The van der Waals surface area contributed by atoms with Crippen molar-refractivity contribution in [3.8, 4) is 0 Å². The van der Waals surface area contributed by atoms with Crippen LogP contribution in [0.3, 0.4) is 0 Å². The van der Waals surface area contributed by atoms with Gasteiger partial charge in [0.1, 0.15) is 6.61 Å². The molecule has 0 aromatic rings. The highest BCUT2D eigenvalue weighted by molar-refractivity contribution is 14.1. The van der Waals surface area contributed by atoms with Gasteiger partial charge in [-0.2, -0.15) is 0 Å². The molecule has 0 aliphatic heterocycles. The molecule has 0 aromatic carbocycles. The van der Waals surface area contributed by atoms with Crippen LogP contribution in [0, 0.1) is 0 Å². The third-order valence-electron chi connectivity index (χ3n) is 4.01. The first-order valence-electron chi connectivity index (χ1n) is 12.3. The molecule has 0 radical (unpaired) electrons. The number of halogens is 1. The van der Waals surface area contributed by atoms with E-state index >= 15 is 0 Å². The first-order chi connectivity index (χ1) is 17.7. The number of carbonyl (C=O) groups excluding carboxylic acids is 1. The molecule has 0 spiro atoms. The third kappa shape index (κ3) is 29.8. The lowest BCUT2D eigenvalue weighted by Crippen LogP contribution is -2.15. The highest BCUT2D eigenvalue weighted by atomic mass is 127. The van der Waals surface area contributed by atoms with E-state index in [0.29, 0.717) is 118 Å². The monoisotopic (exact) mass is 636 g/mol. The van der Waals surface area contributed by atoms with Gasteiger partial charge < -0.3 is 47.4 Å². The topological polar surface area (TPSA) is 109 Å². The second-order valence-corrected chi connectivity index (χ2v) is 8.20. The minimum atomic E-state index is -0.409. The summed E-state index contributed by atoms with van der Waals surface area (Å²) in [6, 6.07) is 0. The molecule has 0 rings (SSSR count). The lowest BCUT2D eigenvalue weighted by atomic mass is 10.4. The summed E-state index contributed by atoms with van der Waals surface area (Å²) < 4.78 is 54.4. The van der Waals surface area contributed by atoms with Crippen molar-refractivity contribution in [2.75, 3.05) is 130 Å². The Morgan fingerprint density at radius 3 is 0.917 bits per heavy atom. The second kappa shape index (κ2) is 30.8. The Morgan fingerprint density at radius 1 is 0.472 bits per heavy atom. The summed E-state index contributed by atoms with van der Waals surface area (Å²) in [7, 11) is 0. The van der Waals surface area contributed by atoms with E-state index in [1.54, 1.807) is 6.92 Å². The van der Waals surface area contributed by atoms with Crippen molar-refractivity contribution in [2.24, 2.45) is 0 Å². The van der Waals surface area contributed by atoms with E-state index < -0.39 is 5.97 Å². The van der Waals surface area contributed by atoms with Crippen LogP contribution in [0.25, 0.3) is 0 Å². The van der Waals surface area contributed by atoms with E-state index in [2.05, 4.69) is 29.2 Å². The van der Waals surface area contributed by atoms with Crippen LogP contribution in [0.2, 0.25) is 0 Å². The Labute approximate surface area is 229 Å². The van der Waals surface area contributed by atoms with Crippen LogP contribution in [0.5, 0.6) is 0 Å². The van der Waals surface area contributed by atoms with Crippen LogP contribution in [0.15, 0.2) is 12.2 Å². The fourth-order valence-corrected chi connectivity index (χ4v) is 2.54. The number of hydrogen-bond donors (Lipinski definition) is 0. The normalized spacial score (nSPS) is 11.2. The van der Waals surface area contributed by atoms with Crippen LogP contribution in [-0.4, -0.2) is 136 Å². The van der Waals surface area contributed by atoms with E-state index in [9.17, 15) is 4.79 Å². The van der Waals surface area contributed by atoms with E-state index in [1.165, 1.54) is 0 Å². The van der Waals surface area contributed by atoms with Crippen molar-refractivity contribution in [1.29, 1.82) is 0 Å². The van der Waals surface area contributed by atoms with E-state index in [4.69, 9.17) is 47.4 Å². The number of hydrogen-bond acceptors (Lipinski definition) is 11. The summed E-state index contributed by atoms with van der Waals surface area (Å²) in [5.74, 6) is -0.409. The van der Waals surface area contributed by atoms with Gasteiger partial charge in [-0.3, -0.25) is 0 Å². The molecule has 0 fully saturated rings. The van der Waals surface area contributed by atoms with E-state index in [1.807, 2.05) is 0 Å². The predicted octanol–water partition coefficient (Wildman–Crippen LogP) is 1.69. The van der Waals surface area contributed by atoms with Gasteiger partial charge in [-0.15, -0.1) is 0 Å². The Balaban J connectivity index is 3.05. The third-order valence-corrected chi connectivity index (χ3v) is 4.45. The van der Waals surface area contributed by atoms with Crippen LogP contribution in [0.4, 0.5) is 0 Å². The molecular formula is C24H45IO11. The number of rotatable bonds is 30. The molecule has 0 saturated heterocycles. The first kappa shape index (κ1) is 35.6. The average Bonchev–Trinajstić information content (AvgIpc) is 2.87. The molecule has 0 atom stereocenters. The smallest absolute Gasteiger partial charge is 0.333 e. The van der Waals surface area contributed by atoms with Crippen molar-refractivity contribution >= 4 is 28.6 Å². The molecule has 0 amide bonds. The van der Waals surface area contributed by atoms with Crippen molar-refractivity contribution in [2.45, 2.75) is 6.92 Å². The van der Waals surface area contributed by atoms with Gasteiger partial charge in [0, 0.05) is 10.0 Å². The summed E-state index contributed by atoms with van der Waals surface area (Å²) in [5.41, 5.74) is 0.373. The lowest BCUT2D eigenvalue weighted by Gasteiger charge is -2.09. The summed E-state index contributed by atoms with van der Waals surface area (Å²) in [6.07, 6.45) is 0. The van der Waals surface area contributed by atoms with Crippen LogP contribution >= 0.6 is 22.6 Å². The molecule has 12 heteroatoms. The van der Waals surface area contributed by atoms with Gasteiger partial charge in [0.05, 0.1) is 119 Å². The van der Waals surface area contributed by atoms with E-state index in [0.717, 1.165) is 11.0 Å². The zero-order valence-electron chi connectivity index (χ0n) is 21.7. The number of ether oxygens (including phenoxy) is 10. The predicted molar refractivity (Wildman–Crippen MR) is 142 cm³/mol. The van der Waals surface area contributed by atoms with Crippen molar-refractivity contribution in [1.82, 2.24) is 0 Å². The quantitative estimate of drug-likeness (QED) is 0.0378. The highest BCUT2D eigenvalue weighted by Crippen LogP contribution is 1.92. The largest absolute Gasteiger partial charge is 0.460 e. The van der Waals surface area contributed by atoms with Crippen LogP contribution < -0.4 is 0 Å². The molecule has 0 heterocycles. The van der Waals surface area contributed by atoms with Gasteiger partial charge in [-0.25, -0.2) is 4.79 Å². The minimum Gasteiger partial charge on any atom is -0.460 e. The molecule has 11 nitrogen and oxygen atoms in total. The molecule has 0 unspecified atom stereocenters.